The van der Waals surface area contributed by atoms with Crippen LogP contribution in [-0.2, 0) is 26.2 Å². The van der Waals surface area contributed by atoms with E-state index < -0.39 is 21.7 Å². The normalized spacial score (nSPS) is 14.0. The highest BCUT2D eigenvalue weighted by Gasteiger charge is 2.21. The van der Waals surface area contributed by atoms with Gasteiger partial charge in [0.25, 0.3) is 21.7 Å². The number of hydrogen-bond acceptors (Lipinski definition) is 8. The molecule has 160 valence electrons. The van der Waals surface area contributed by atoms with Crippen LogP contribution in [-0.4, -0.2) is 0 Å². The third kappa shape index (κ3) is 3.45. The van der Waals surface area contributed by atoms with E-state index in [1.54, 1.807) is 0 Å². The van der Waals surface area contributed by atoms with Crippen LogP contribution in [0.1, 0.15) is 22.3 Å². The summed E-state index contributed by atoms with van der Waals surface area (Å²) in [6, 6.07) is 15.2. The third-order valence-electron chi connectivity index (χ3n) is 5.74. The van der Waals surface area contributed by atoms with E-state index in [0.29, 0.717) is 48.9 Å². The van der Waals surface area contributed by atoms with Crippen molar-refractivity contribution in [3.63, 3.8) is 0 Å². The summed E-state index contributed by atoms with van der Waals surface area (Å²) < 4.78 is 0. The number of hydrogen-bond donors (Lipinski definition) is 4. The van der Waals surface area contributed by atoms with E-state index in [0.717, 1.165) is 22.3 Å². The van der Waals surface area contributed by atoms with Crippen LogP contribution >= 0.6 is 0 Å². The third-order valence-corrected chi connectivity index (χ3v) is 5.74. The van der Waals surface area contributed by atoms with Gasteiger partial charge in [0.15, 0.2) is 0 Å². The van der Waals surface area contributed by atoms with Gasteiger partial charge in [-0.1, -0.05) is 48.5 Å². The maximum Gasteiger partial charge on any atom is 0.253 e. The summed E-state index contributed by atoms with van der Waals surface area (Å²) >= 11 is 0. The van der Waals surface area contributed by atoms with E-state index in [4.69, 9.17) is 0 Å². The molecule has 4 aliphatic heterocycles. The average Bonchev–Trinajstić information content (AvgIpc) is 2.83. The predicted molar refractivity (Wildman–Crippen MR) is 125 cm³/mol. The number of rotatable bonds is 0. The van der Waals surface area contributed by atoms with Crippen LogP contribution in [0.2, 0.25) is 0 Å². The van der Waals surface area contributed by atoms with Crippen molar-refractivity contribution in [2.24, 2.45) is 0 Å². The van der Waals surface area contributed by atoms with Gasteiger partial charge in [-0.15, -0.1) is 0 Å². The van der Waals surface area contributed by atoms with Crippen LogP contribution in [0.5, 0.6) is 0 Å². The summed E-state index contributed by atoms with van der Waals surface area (Å²) in [4.78, 5) is 48.0. The summed E-state index contributed by atoms with van der Waals surface area (Å²) in [5, 5.41) is 12.2. The Labute approximate surface area is 182 Å². The van der Waals surface area contributed by atoms with E-state index in [2.05, 4.69) is 21.3 Å². The van der Waals surface area contributed by atoms with Gasteiger partial charge >= 0.3 is 0 Å². The van der Waals surface area contributed by atoms with Gasteiger partial charge in [0.2, 0.25) is 0 Å². The Morgan fingerprint density at radius 1 is 0.375 bits per heavy atom. The molecule has 4 N–H and O–H groups in total. The first-order valence-electron chi connectivity index (χ1n) is 10.3. The van der Waals surface area contributed by atoms with Crippen molar-refractivity contribution in [2.45, 2.75) is 26.2 Å². The maximum atomic E-state index is 12.0. The summed E-state index contributed by atoms with van der Waals surface area (Å²) in [6.45, 7) is 1.59. The van der Waals surface area contributed by atoms with Crippen molar-refractivity contribution in [2.75, 3.05) is 21.3 Å². The number of nitrogens with one attached hydrogen (secondary N) is 4. The SMILES string of the molecule is O=c1c2c(c1=O)NCc1ccc(cc1)CNc1c(c(=O)c1=O)NCc1ccc(cc1)CN2. The van der Waals surface area contributed by atoms with Crippen molar-refractivity contribution in [1.29, 1.82) is 0 Å². The molecule has 0 aliphatic carbocycles. The van der Waals surface area contributed by atoms with Crippen LogP contribution in [0, 0.1) is 0 Å². The van der Waals surface area contributed by atoms with Crippen molar-refractivity contribution in [1.82, 2.24) is 0 Å². The standard InChI is InChI=1S/C24H20N4O4/c29-21-17-18(22(21)30)27-11-15-5-7-16(8-6-15)12-28-20-19(23(31)24(20)32)26-10-14-2-1-13(3-4-14)9-25-17/h1-8,25-28H,9-12H2. The first kappa shape index (κ1) is 19.7. The smallest absolute Gasteiger partial charge is 0.253 e. The second-order valence-electron chi connectivity index (χ2n) is 7.86. The highest BCUT2D eigenvalue weighted by Crippen LogP contribution is 2.20. The van der Waals surface area contributed by atoms with Gasteiger partial charge in [0, 0.05) is 26.2 Å². The quantitative estimate of drug-likeness (QED) is 0.313. The molecule has 4 aromatic rings. The first-order valence-corrected chi connectivity index (χ1v) is 10.3. The Balaban J connectivity index is 1.43. The Morgan fingerprint density at radius 3 is 0.750 bits per heavy atom. The van der Waals surface area contributed by atoms with Crippen LogP contribution in [0.3, 0.4) is 0 Å². The van der Waals surface area contributed by atoms with Crippen molar-refractivity contribution in [3.8, 4) is 0 Å². The minimum Gasteiger partial charge on any atom is -0.376 e. The van der Waals surface area contributed by atoms with Crippen molar-refractivity contribution < 1.29 is 0 Å². The molecule has 8 nitrogen and oxygen atoms in total. The maximum absolute atomic E-state index is 12.0. The molecule has 0 radical (unpaired) electrons. The zero-order chi connectivity index (χ0) is 22.2. The molecule has 0 saturated heterocycles. The largest absolute Gasteiger partial charge is 0.376 e. The minimum atomic E-state index is -0.513. The van der Waals surface area contributed by atoms with Gasteiger partial charge in [-0.2, -0.15) is 0 Å². The molecular weight excluding hydrogens is 408 g/mol. The highest BCUT2D eigenvalue weighted by molar-refractivity contribution is 5.75. The van der Waals surface area contributed by atoms with Gasteiger partial charge in [0.1, 0.15) is 22.7 Å². The lowest BCUT2D eigenvalue weighted by atomic mass is 10.1. The molecule has 0 saturated carbocycles. The summed E-state index contributed by atoms with van der Waals surface area (Å²) in [5.74, 6) is 0. The molecule has 8 heteroatoms. The fourth-order valence-corrected chi connectivity index (χ4v) is 3.77. The van der Waals surface area contributed by atoms with Crippen LogP contribution < -0.4 is 43.0 Å². The van der Waals surface area contributed by atoms with Gasteiger partial charge < -0.3 is 21.3 Å². The van der Waals surface area contributed by atoms with E-state index in [1.165, 1.54) is 0 Å². The fraction of sp³-hybridized carbons (Fsp3) is 0.167. The molecular formula is C24H20N4O4. The Hall–Kier alpha value is -4.20. The molecule has 32 heavy (non-hydrogen) atoms. The molecule has 0 aromatic heterocycles. The molecule has 0 amide bonds. The number of anilines is 4. The van der Waals surface area contributed by atoms with Crippen LogP contribution in [0.4, 0.5) is 22.7 Å². The molecule has 4 aromatic carbocycles. The topological polar surface area (TPSA) is 116 Å². The lowest BCUT2D eigenvalue weighted by Gasteiger charge is -2.17. The molecule has 0 spiro atoms. The zero-order valence-corrected chi connectivity index (χ0v) is 17.1. The number of benzene rings is 2. The van der Waals surface area contributed by atoms with Gasteiger partial charge in [-0.05, 0) is 22.3 Å². The van der Waals surface area contributed by atoms with E-state index in [9.17, 15) is 19.2 Å². The van der Waals surface area contributed by atoms with E-state index in [-0.39, 0.29) is 0 Å². The second-order valence-corrected chi connectivity index (χ2v) is 7.86. The van der Waals surface area contributed by atoms with Crippen molar-refractivity contribution in [3.05, 3.63) is 112 Å². The van der Waals surface area contributed by atoms with E-state index >= 15 is 0 Å². The lowest BCUT2D eigenvalue weighted by Crippen LogP contribution is -2.37. The minimum absolute atomic E-state index is 0.309. The molecule has 8 rings (SSSR count). The molecule has 0 atom stereocenters. The predicted octanol–water partition coefficient (Wildman–Crippen LogP) is 1.64. The first-order chi connectivity index (χ1) is 15.5. The summed E-state index contributed by atoms with van der Waals surface area (Å²) in [5.41, 5.74) is 2.94. The average molecular weight is 428 g/mol. The fourth-order valence-electron chi connectivity index (χ4n) is 3.77. The Morgan fingerprint density at radius 2 is 0.562 bits per heavy atom. The molecule has 4 heterocycles. The van der Waals surface area contributed by atoms with E-state index in [1.807, 2.05) is 48.5 Å². The lowest BCUT2D eigenvalue weighted by molar-refractivity contribution is 1.06. The molecule has 0 fully saturated rings. The van der Waals surface area contributed by atoms with Gasteiger partial charge in [-0.25, -0.2) is 0 Å². The molecule has 4 aliphatic rings. The summed E-state index contributed by atoms with van der Waals surface area (Å²) in [7, 11) is 0. The molecule has 0 unspecified atom stereocenters. The van der Waals surface area contributed by atoms with Gasteiger partial charge in [0.05, 0.1) is 0 Å². The van der Waals surface area contributed by atoms with Gasteiger partial charge in [-0.3, -0.25) is 19.2 Å². The van der Waals surface area contributed by atoms with Crippen LogP contribution in [0.25, 0.3) is 0 Å². The Kier molecular flexibility index (Phi) is 4.82. The Bertz CT molecular complexity index is 1220. The summed E-state index contributed by atoms with van der Waals surface area (Å²) in [6.07, 6.45) is 0. The monoisotopic (exact) mass is 428 g/mol. The zero-order valence-electron chi connectivity index (χ0n) is 17.1. The van der Waals surface area contributed by atoms with Crippen LogP contribution in [0.15, 0.2) is 67.7 Å². The highest BCUT2D eigenvalue weighted by atomic mass is 16.2. The second kappa shape index (κ2) is 7.81. The van der Waals surface area contributed by atoms with Crippen molar-refractivity contribution >= 4 is 22.7 Å². The molecule has 4 bridgehead atoms.